The molecule has 0 bridgehead atoms. The van der Waals surface area contributed by atoms with Gasteiger partial charge in [-0.1, -0.05) is 188 Å². The van der Waals surface area contributed by atoms with Gasteiger partial charge in [0.2, 0.25) is 0 Å². The maximum atomic E-state index is 6.40. The molecule has 0 aliphatic carbocycles. The van der Waals surface area contributed by atoms with Gasteiger partial charge in [0.1, 0.15) is 22.8 Å². The van der Waals surface area contributed by atoms with Crippen LogP contribution in [0.2, 0.25) is 0 Å². The summed E-state index contributed by atoms with van der Waals surface area (Å²) in [7, 11) is -3.03. The third kappa shape index (κ3) is 5.43. The molecule has 6 heteroatoms. The highest BCUT2D eigenvalue weighted by atomic mass is 28.3. The van der Waals surface area contributed by atoms with Gasteiger partial charge in [-0.25, -0.2) is 9.97 Å². The Balaban J connectivity index is 1.11. The van der Waals surface area contributed by atoms with Crippen molar-refractivity contribution in [2.45, 2.75) is 0 Å². The zero-order valence-corrected chi connectivity index (χ0v) is 35.6. The van der Waals surface area contributed by atoms with Crippen molar-refractivity contribution in [3.05, 3.63) is 231 Å². The van der Waals surface area contributed by atoms with Crippen LogP contribution >= 0.6 is 0 Å². The highest BCUT2D eigenvalue weighted by Gasteiger charge is 2.42. The molecule has 4 heterocycles. The highest BCUT2D eigenvalue weighted by molar-refractivity contribution is 7.20. The van der Waals surface area contributed by atoms with Crippen LogP contribution in [0.15, 0.2) is 235 Å². The van der Waals surface area contributed by atoms with E-state index in [0.29, 0.717) is 5.82 Å². The van der Waals surface area contributed by atoms with Crippen LogP contribution in [0.4, 0.5) is 0 Å². The van der Waals surface area contributed by atoms with Gasteiger partial charge in [-0.2, -0.15) is 0 Å². The van der Waals surface area contributed by atoms with Gasteiger partial charge in [0.25, 0.3) is 0 Å². The fraction of sp³-hybridized carbons (Fsp3) is 0. The summed E-state index contributed by atoms with van der Waals surface area (Å²) in [5, 5.41) is 12.0. The maximum absolute atomic E-state index is 6.40. The van der Waals surface area contributed by atoms with E-state index in [-0.39, 0.29) is 0 Å². The van der Waals surface area contributed by atoms with E-state index in [0.717, 1.165) is 61.2 Å². The minimum Gasteiger partial charge on any atom is -0.456 e. The number of hydrogen-bond acceptors (Lipinski definition) is 3. The van der Waals surface area contributed by atoms with E-state index in [1.54, 1.807) is 0 Å². The standard InChI is InChI=1S/C58H38N4OSi/c1-3-19-40(20-4-1)64(41-21-5-2-6-22-41,43-34-35-55-49(37-43)48-28-11-16-33-54(48)63-55)42-23-17-18-39(36-42)58-59-56(61-50-29-12-7-24-44(50)45-25-8-13-30-51(45)61)38-57(60-58)62-52-31-14-9-26-46(52)47-27-10-15-32-53(47)62/h1-38H. The second-order valence-corrected chi connectivity index (χ2v) is 20.3. The van der Waals surface area contributed by atoms with E-state index in [2.05, 4.69) is 234 Å². The molecule has 0 saturated heterocycles. The van der Waals surface area contributed by atoms with Crippen molar-refractivity contribution in [2.75, 3.05) is 0 Å². The Labute approximate surface area is 369 Å². The number of nitrogens with zero attached hydrogens (tertiary/aromatic N) is 4. The normalized spacial score (nSPS) is 12.1. The Morgan fingerprint density at radius 1 is 0.312 bits per heavy atom. The number of rotatable bonds is 7. The van der Waals surface area contributed by atoms with E-state index < -0.39 is 8.07 Å². The number of benzene rings is 9. The predicted molar refractivity (Wildman–Crippen MR) is 267 cm³/mol. The molecule has 0 spiro atoms. The van der Waals surface area contributed by atoms with Crippen LogP contribution in [0, 0.1) is 0 Å². The van der Waals surface area contributed by atoms with E-state index >= 15 is 0 Å². The monoisotopic (exact) mass is 834 g/mol. The minimum absolute atomic E-state index is 0.651. The molecule has 0 aliphatic rings. The SMILES string of the molecule is c1ccc([Si](c2ccccc2)(c2cccc(-c3nc(-n4c5ccccc5c5ccccc54)cc(-n4c5ccccc5c5ccccc54)n3)c2)c2ccc3oc4ccccc4c3c2)cc1. The van der Waals surface area contributed by atoms with Crippen molar-refractivity contribution in [3.63, 3.8) is 0 Å². The Morgan fingerprint density at radius 3 is 1.27 bits per heavy atom. The smallest absolute Gasteiger partial charge is 0.179 e. The van der Waals surface area contributed by atoms with Crippen LogP contribution < -0.4 is 20.7 Å². The Morgan fingerprint density at radius 2 is 0.734 bits per heavy atom. The first-order valence-electron chi connectivity index (χ1n) is 21.7. The summed E-state index contributed by atoms with van der Waals surface area (Å²) in [5.41, 5.74) is 7.10. The number of aromatic nitrogens is 4. The van der Waals surface area contributed by atoms with Crippen molar-refractivity contribution in [1.82, 2.24) is 19.1 Å². The van der Waals surface area contributed by atoms with Crippen LogP contribution in [0.3, 0.4) is 0 Å². The highest BCUT2D eigenvalue weighted by Crippen LogP contribution is 2.36. The second kappa shape index (κ2) is 14.4. The van der Waals surface area contributed by atoms with Crippen LogP contribution in [-0.2, 0) is 0 Å². The Kier molecular flexibility index (Phi) is 8.16. The largest absolute Gasteiger partial charge is 0.456 e. The average Bonchev–Trinajstić information content (AvgIpc) is 4.03. The Bertz CT molecular complexity index is 3640. The zero-order chi connectivity index (χ0) is 42.2. The summed E-state index contributed by atoms with van der Waals surface area (Å²) >= 11 is 0. The molecule has 9 aromatic carbocycles. The van der Waals surface area contributed by atoms with Gasteiger partial charge >= 0.3 is 0 Å². The molecule has 0 amide bonds. The quantitative estimate of drug-likeness (QED) is 0.119. The fourth-order valence-corrected chi connectivity index (χ4v) is 15.1. The lowest BCUT2D eigenvalue weighted by atomic mass is 10.1. The molecule has 0 aliphatic heterocycles. The molecule has 13 aromatic rings. The lowest BCUT2D eigenvalue weighted by Gasteiger charge is -2.34. The molecule has 0 saturated carbocycles. The van der Waals surface area contributed by atoms with Gasteiger partial charge in [-0.05, 0) is 57.1 Å². The maximum Gasteiger partial charge on any atom is 0.179 e. The van der Waals surface area contributed by atoms with Crippen molar-refractivity contribution in [1.29, 1.82) is 0 Å². The summed E-state index contributed by atoms with van der Waals surface area (Å²) in [4.78, 5) is 11.1. The molecule has 0 radical (unpaired) electrons. The number of furan rings is 1. The molecular weight excluding hydrogens is 797 g/mol. The lowest BCUT2D eigenvalue weighted by Crippen LogP contribution is -2.74. The van der Waals surface area contributed by atoms with E-state index in [1.807, 2.05) is 6.07 Å². The van der Waals surface area contributed by atoms with Crippen LogP contribution in [-0.4, -0.2) is 27.2 Å². The van der Waals surface area contributed by atoms with E-state index in [1.165, 1.54) is 42.3 Å². The molecule has 0 N–H and O–H groups in total. The molecule has 64 heavy (non-hydrogen) atoms. The summed E-state index contributed by atoms with van der Waals surface area (Å²) in [6.07, 6.45) is 0. The van der Waals surface area contributed by atoms with Gasteiger partial charge in [0, 0.05) is 43.9 Å². The number of para-hydroxylation sites is 5. The van der Waals surface area contributed by atoms with Crippen LogP contribution in [0.5, 0.6) is 0 Å². The van der Waals surface area contributed by atoms with Crippen LogP contribution in [0.25, 0.3) is 88.6 Å². The van der Waals surface area contributed by atoms with Crippen LogP contribution in [0.1, 0.15) is 0 Å². The third-order valence-corrected chi connectivity index (χ3v) is 17.8. The molecule has 4 aromatic heterocycles. The minimum atomic E-state index is -3.03. The average molecular weight is 835 g/mol. The molecular formula is C58H38N4OSi. The van der Waals surface area contributed by atoms with Crippen molar-refractivity contribution in [3.8, 4) is 23.0 Å². The summed E-state index contributed by atoms with van der Waals surface area (Å²) < 4.78 is 11.0. The van der Waals surface area contributed by atoms with E-state index in [9.17, 15) is 0 Å². The molecule has 300 valence electrons. The topological polar surface area (TPSA) is 48.8 Å². The van der Waals surface area contributed by atoms with Gasteiger partial charge in [-0.15, -0.1) is 0 Å². The number of fused-ring (bicyclic) bond motifs is 9. The zero-order valence-electron chi connectivity index (χ0n) is 34.6. The Hall–Kier alpha value is -8.32. The van der Waals surface area contributed by atoms with Gasteiger partial charge in [-0.3, -0.25) is 9.13 Å². The predicted octanol–water partition coefficient (Wildman–Crippen LogP) is 11.6. The van der Waals surface area contributed by atoms with Gasteiger partial charge in [0.05, 0.1) is 22.1 Å². The summed E-state index contributed by atoms with van der Waals surface area (Å²) in [5.74, 6) is 2.26. The molecule has 0 fully saturated rings. The van der Waals surface area contributed by atoms with Crippen molar-refractivity contribution >= 4 is 94.4 Å². The molecule has 5 nitrogen and oxygen atoms in total. The first-order valence-corrected chi connectivity index (χ1v) is 23.7. The molecule has 0 atom stereocenters. The fourth-order valence-electron chi connectivity index (χ4n) is 10.3. The summed E-state index contributed by atoms with van der Waals surface area (Å²) in [6.45, 7) is 0. The molecule has 13 rings (SSSR count). The van der Waals surface area contributed by atoms with Crippen molar-refractivity contribution in [2.24, 2.45) is 0 Å². The lowest BCUT2D eigenvalue weighted by molar-refractivity contribution is 0.669. The van der Waals surface area contributed by atoms with E-state index in [4.69, 9.17) is 14.4 Å². The number of hydrogen-bond donors (Lipinski definition) is 0. The third-order valence-electron chi connectivity index (χ3n) is 13.1. The molecule has 0 unspecified atom stereocenters. The first-order chi connectivity index (χ1) is 31.7. The first kappa shape index (κ1) is 36.3. The van der Waals surface area contributed by atoms with Gasteiger partial charge in [0.15, 0.2) is 13.9 Å². The van der Waals surface area contributed by atoms with Gasteiger partial charge < -0.3 is 4.42 Å². The van der Waals surface area contributed by atoms with Crippen molar-refractivity contribution < 1.29 is 4.42 Å². The summed E-state index contributed by atoms with van der Waals surface area (Å²) in [6, 6.07) is 83.0. The second-order valence-electron chi connectivity index (χ2n) is 16.5.